The highest BCUT2D eigenvalue weighted by Crippen LogP contribution is 2.31. The summed E-state index contributed by atoms with van der Waals surface area (Å²) < 4.78 is 8.80. The number of amides is 1. The number of nitrogens with zero attached hydrogens (tertiary/aromatic N) is 6. The Morgan fingerprint density at radius 2 is 1.94 bits per heavy atom. The third kappa shape index (κ3) is 3.08. The van der Waals surface area contributed by atoms with Gasteiger partial charge in [0.1, 0.15) is 0 Å². The van der Waals surface area contributed by atoms with Gasteiger partial charge in [-0.25, -0.2) is 9.78 Å². The number of H-pyrrole nitrogens is 1. The van der Waals surface area contributed by atoms with Crippen molar-refractivity contribution in [1.82, 2.24) is 34.4 Å². The molecule has 1 aromatic carbocycles. The van der Waals surface area contributed by atoms with Gasteiger partial charge in [-0.3, -0.25) is 9.36 Å². The summed E-state index contributed by atoms with van der Waals surface area (Å²) >= 11 is 0. The van der Waals surface area contributed by atoms with Crippen molar-refractivity contribution in [1.29, 1.82) is 0 Å². The monoisotopic (exact) mass is 436 g/mol. The molecule has 166 valence electrons. The molecule has 0 aliphatic carbocycles. The predicted octanol–water partition coefficient (Wildman–Crippen LogP) is 1.22. The first-order valence-electron chi connectivity index (χ1n) is 10.5. The zero-order chi connectivity index (χ0) is 22.4. The van der Waals surface area contributed by atoms with Gasteiger partial charge in [0.2, 0.25) is 5.82 Å². The Morgan fingerprint density at radius 1 is 1.19 bits per heavy atom. The van der Waals surface area contributed by atoms with E-state index in [1.165, 1.54) is 7.11 Å². The number of carbonyl (C=O) groups excluding carboxylic acids is 1. The van der Waals surface area contributed by atoms with Crippen molar-refractivity contribution in [3.05, 3.63) is 40.6 Å². The first-order valence-corrected chi connectivity index (χ1v) is 10.5. The summed E-state index contributed by atoms with van der Waals surface area (Å²) in [6.07, 6.45) is 1.54. The van der Waals surface area contributed by atoms with Crippen LogP contribution in [-0.2, 0) is 7.05 Å². The molecule has 3 aromatic heterocycles. The fourth-order valence-corrected chi connectivity index (χ4v) is 4.43. The van der Waals surface area contributed by atoms with Crippen LogP contribution in [0.4, 0.5) is 5.82 Å². The van der Waals surface area contributed by atoms with Crippen LogP contribution in [0.3, 0.4) is 0 Å². The van der Waals surface area contributed by atoms with Crippen molar-refractivity contribution < 1.29 is 9.53 Å². The van der Waals surface area contributed by atoms with Gasteiger partial charge in [0.05, 0.1) is 18.1 Å². The summed E-state index contributed by atoms with van der Waals surface area (Å²) in [7, 11) is 4.81. The van der Waals surface area contributed by atoms with E-state index in [2.05, 4.69) is 30.2 Å². The normalized spacial score (nSPS) is 14.9. The Morgan fingerprint density at radius 3 is 2.66 bits per heavy atom. The number of nitrogens with one attached hydrogen (secondary N) is 2. The maximum absolute atomic E-state index is 12.6. The Hall–Kier alpha value is -3.89. The Balaban J connectivity index is 1.49. The molecule has 11 nitrogen and oxygen atoms in total. The van der Waals surface area contributed by atoms with E-state index in [-0.39, 0.29) is 29.5 Å². The average Bonchev–Trinajstić information content (AvgIpc) is 3.34. The molecule has 1 fully saturated rings. The molecule has 1 aliphatic heterocycles. The zero-order valence-corrected chi connectivity index (χ0v) is 18.1. The molecule has 0 radical (unpaired) electrons. The van der Waals surface area contributed by atoms with Crippen molar-refractivity contribution in [2.75, 3.05) is 32.1 Å². The second-order valence-electron chi connectivity index (χ2n) is 7.82. The minimum atomic E-state index is -0.298. The van der Waals surface area contributed by atoms with E-state index >= 15 is 0 Å². The highest BCUT2D eigenvalue weighted by molar-refractivity contribution is 5.96. The molecular weight excluding hydrogens is 412 g/mol. The fraction of sp³-hybridized carbons (Fsp3) is 0.381. The molecule has 2 N–H and O–H groups in total. The van der Waals surface area contributed by atoms with Gasteiger partial charge in [0.25, 0.3) is 5.91 Å². The van der Waals surface area contributed by atoms with Crippen LogP contribution in [0.5, 0.6) is 6.01 Å². The molecule has 11 heteroatoms. The van der Waals surface area contributed by atoms with E-state index in [0.29, 0.717) is 30.1 Å². The van der Waals surface area contributed by atoms with Crippen LogP contribution >= 0.6 is 0 Å². The van der Waals surface area contributed by atoms with Gasteiger partial charge >= 0.3 is 11.7 Å². The predicted molar refractivity (Wildman–Crippen MR) is 119 cm³/mol. The number of carbonyl (C=O) groups is 1. The Labute approximate surface area is 183 Å². The quantitative estimate of drug-likeness (QED) is 0.493. The number of para-hydroxylation sites is 2. The number of hydrogen-bond acceptors (Lipinski definition) is 7. The van der Waals surface area contributed by atoms with Crippen LogP contribution in [0.25, 0.3) is 22.2 Å². The molecule has 1 amide bonds. The summed E-state index contributed by atoms with van der Waals surface area (Å²) in [6, 6.07) is 8.03. The van der Waals surface area contributed by atoms with Crippen molar-refractivity contribution in [3.8, 4) is 6.01 Å². The number of aromatic amines is 1. The van der Waals surface area contributed by atoms with E-state index in [1.807, 2.05) is 28.8 Å². The SMILES string of the molecule is CNC(=O)c1nc2c(N3CCC(n4c(=O)[nH]c5ccccc54)CC3)nc(OC)nc2n1C. The highest BCUT2D eigenvalue weighted by atomic mass is 16.5. The molecule has 0 unspecified atom stereocenters. The minimum Gasteiger partial charge on any atom is -0.467 e. The number of ether oxygens (including phenoxy) is 1. The molecule has 0 saturated carbocycles. The lowest BCUT2D eigenvalue weighted by Crippen LogP contribution is -2.37. The average molecular weight is 436 g/mol. The molecule has 1 aliphatic rings. The molecule has 1 saturated heterocycles. The number of rotatable bonds is 4. The molecule has 5 rings (SSSR count). The third-order valence-electron chi connectivity index (χ3n) is 6.05. The lowest BCUT2D eigenvalue weighted by molar-refractivity contribution is 0.0950. The van der Waals surface area contributed by atoms with Crippen molar-refractivity contribution in [3.63, 3.8) is 0 Å². The van der Waals surface area contributed by atoms with Gasteiger partial charge in [0.15, 0.2) is 17.0 Å². The maximum Gasteiger partial charge on any atom is 0.326 e. The van der Waals surface area contributed by atoms with Gasteiger partial charge in [0, 0.05) is 33.2 Å². The first-order chi connectivity index (χ1) is 15.5. The summed E-state index contributed by atoms with van der Waals surface area (Å²) in [4.78, 5) is 43.3. The number of piperidine rings is 1. The summed E-state index contributed by atoms with van der Waals surface area (Å²) in [5.41, 5.74) is 2.75. The van der Waals surface area contributed by atoms with Gasteiger partial charge in [-0.05, 0) is 25.0 Å². The van der Waals surface area contributed by atoms with Crippen LogP contribution in [0.1, 0.15) is 29.5 Å². The number of aryl methyl sites for hydroxylation is 1. The topological polar surface area (TPSA) is 123 Å². The smallest absolute Gasteiger partial charge is 0.326 e. The second-order valence-corrected chi connectivity index (χ2v) is 7.82. The molecule has 4 aromatic rings. The summed E-state index contributed by atoms with van der Waals surface area (Å²) in [5, 5.41) is 2.60. The van der Waals surface area contributed by atoms with Crippen molar-refractivity contribution >= 4 is 33.9 Å². The number of fused-ring (bicyclic) bond motifs is 2. The summed E-state index contributed by atoms with van der Waals surface area (Å²) in [6.45, 7) is 1.36. The lowest BCUT2D eigenvalue weighted by Gasteiger charge is -2.33. The maximum atomic E-state index is 12.6. The van der Waals surface area contributed by atoms with Crippen molar-refractivity contribution in [2.45, 2.75) is 18.9 Å². The van der Waals surface area contributed by atoms with Crippen LogP contribution in [0.15, 0.2) is 29.1 Å². The van der Waals surface area contributed by atoms with Crippen LogP contribution < -0.4 is 20.6 Å². The molecular formula is C21H24N8O3. The highest BCUT2D eigenvalue weighted by Gasteiger charge is 2.28. The van der Waals surface area contributed by atoms with E-state index in [0.717, 1.165) is 23.9 Å². The summed E-state index contributed by atoms with van der Waals surface area (Å²) in [5.74, 6) is 0.585. The van der Waals surface area contributed by atoms with Crippen LogP contribution in [0, 0.1) is 0 Å². The number of aromatic nitrogens is 6. The van der Waals surface area contributed by atoms with E-state index < -0.39 is 0 Å². The minimum absolute atomic E-state index is 0.0827. The fourth-order valence-electron chi connectivity index (χ4n) is 4.43. The number of benzene rings is 1. The van der Waals surface area contributed by atoms with E-state index in [1.54, 1.807) is 18.7 Å². The number of imidazole rings is 2. The molecule has 0 atom stereocenters. The Kier molecular flexibility index (Phi) is 4.80. The van der Waals surface area contributed by atoms with Gasteiger partial charge in [-0.15, -0.1) is 0 Å². The van der Waals surface area contributed by atoms with Crippen molar-refractivity contribution in [2.24, 2.45) is 7.05 Å². The second kappa shape index (κ2) is 7.66. The number of hydrogen-bond donors (Lipinski definition) is 2. The van der Waals surface area contributed by atoms with Gasteiger partial charge in [-0.1, -0.05) is 12.1 Å². The number of methoxy groups -OCH3 is 1. The van der Waals surface area contributed by atoms with Gasteiger partial charge < -0.3 is 24.5 Å². The van der Waals surface area contributed by atoms with Crippen LogP contribution in [0.2, 0.25) is 0 Å². The lowest BCUT2D eigenvalue weighted by atomic mass is 10.0. The largest absolute Gasteiger partial charge is 0.467 e. The third-order valence-corrected chi connectivity index (χ3v) is 6.05. The van der Waals surface area contributed by atoms with E-state index in [4.69, 9.17) is 4.74 Å². The standard InChI is InChI=1S/C21H24N8O3/c1-22-19(30)18-24-15-16(27(18)2)25-20(32-3)26-17(15)28-10-8-12(9-11-28)29-14-7-5-4-6-13(14)23-21(29)31/h4-7,12H,8-11H2,1-3H3,(H,22,30)(H,23,31). The molecule has 0 spiro atoms. The molecule has 32 heavy (non-hydrogen) atoms. The van der Waals surface area contributed by atoms with Gasteiger partial charge in [-0.2, -0.15) is 9.97 Å². The zero-order valence-electron chi connectivity index (χ0n) is 18.1. The van der Waals surface area contributed by atoms with E-state index in [9.17, 15) is 9.59 Å². The molecule has 0 bridgehead atoms. The Bertz CT molecular complexity index is 1380. The molecule has 4 heterocycles. The first kappa shape index (κ1) is 20.0. The number of anilines is 1. The van der Waals surface area contributed by atoms with Crippen LogP contribution in [-0.4, -0.2) is 62.2 Å².